The van der Waals surface area contributed by atoms with Crippen LogP contribution in [0.2, 0.25) is 0 Å². The van der Waals surface area contributed by atoms with Crippen LogP contribution in [0.25, 0.3) is 0 Å². The number of aromatic nitrogens is 2. The largest absolute Gasteiger partial charge is 0.389 e. The minimum absolute atomic E-state index is 0.514. The molecule has 1 aliphatic heterocycles. The fourth-order valence-corrected chi connectivity index (χ4v) is 2.92. The van der Waals surface area contributed by atoms with Crippen LogP contribution in [0.15, 0.2) is 4.47 Å². The molecule has 2 unspecified atom stereocenters. The number of likely N-dealkylation sites (tertiary alicyclic amines) is 1. The molecular weight excluding hydrogens is 286 g/mol. The highest BCUT2D eigenvalue weighted by atomic mass is 79.9. The second kappa shape index (κ2) is 5.06. The average Bonchev–Trinajstić information content (AvgIpc) is 2.73. The number of hydrogen-bond donors (Lipinski definition) is 2. The highest BCUT2D eigenvalue weighted by Crippen LogP contribution is 2.24. The summed E-state index contributed by atoms with van der Waals surface area (Å²) < 4.78 is 2.90. The summed E-state index contributed by atoms with van der Waals surface area (Å²) in [4.78, 5) is 2.04. The Hall–Kier alpha value is -0.430. The minimum atomic E-state index is -0.632. The van der Waals surface area contributed by atoms with Gasteiger partial charge in [-0.05, 0) is 22.4 Å². The van der Waals surface area contributed by atoms with Gasteiger partial charge in [-0.25, -0.2) is 0 Å². The van der Waals surface area contributed by atoms with E-state index in [1.165, 1.54) is 0 Å². The molecule has 0 aliphatic carbocycles. The fraction of sp³-hybridized carbons (Fsp3) is 0.727. The van der Waals surface area contributed by atoms with Crippen LogP contribution in [0, 0.1) is 0 Å². The molecule has 2 N–H and O–H groups in total. The summed E-state index contributed by atoms with van der Waals surface area (Å²) in [6.07, 6.45) is -0.375. The van der Waals surface area contributed by atoms with Crippen molar-refractivity contribution in [2.45, 2.75) is 32.1 Å². The zero-order chi connectivity index (χ0) is 12.6. The third kappa shape index (κ3) is 2.54. The van der Waals surface area contributed by atoms with Gasteiger partial charge >= 0.3 is 0 Å². The average molecular weight is 304 g/mol. The van der Waals surface area contributed by atoms with Crippen LogP contribution in [-0.2, 0) is 20.0 Å². The number of halogens is 1. The van der Waals surface area contributed by atoms with Gasteiger partial charge in [-0.2, -0.15) is 5.10 Å². The summed E-state index contributed by atoms with van der Waals surface area (Å²) in [7, 11) is 1.92. The third-order valence-corrected chi connectivity index (χ3v) is 4.13. The monoisotopic (exact) mass is 303 g/mol. The first kappa shape index (κ1) is 13.0. The Morgan fingerprint density at radius 3 is 2.41 bits per heavy atom. The van der Waals surface area contributed by atoms with Gasteiger partial charge < -0.3 is 10.2 Å². The first-order chi connectivity index (χ1) is 8.02. The van der Waals surface area contributed by atoms with Crippen molar-refractivity contribution in [1.82, 2.24) is 14.7 Å². The fourth-order valence-electron chi connectivity index (χ4n) is 2.18. The molecule has 1 aromatic heterocycles. The zero-order valence-electron chi connectivity index (χ0n) is 10.1. The van der Waals surface area contributed by atoms with Crippen molar-refractivity contribution < 1.29 is 10.2 Å². The van der Waals surface area contributed by atoms with E-state index >= 15 is 0 Å². The summed E-state index contributed by atoms with van der Waals surface area (Å²) in [5, 5.41) is 23.4. The highest BCUT2D eigenvalue weighted by molar-refractivity contribution is 9.10. The Labute approximate surface area is 109 Å². The molecule has 2 heterocycles. The summed E-state index contributed by atoms with van der Waals surface area (Å²) in [5.41, 5.74) is 2.13. The quantitative estimate of drug-likeness (QED) is 0.842. The zero-order valence-corrected chi connectivity index (χ0v) is 11.7. The van der Waals surface area contributed by atoms with Crippen molar-refractivity contribution in [2.24, 2.45) is 7.05 Å². The molecule has 0 spiro atoms. The van der Waals surface area contributed by atoms with Gasteiger partial charge in [0.05, 0.1) is 28.1 Å². The molecule has 17 heavy (non-hydrogen) atoms. The molecule has 2 rings (SSSR count). The van der Waals surface area contributed by atoms with Crippen LogP contribution in [0.5, 0.6) is 0 Å². The molecule has 0 radical (unpaired) electrons. The lowest BCUT2D eigenvalue weighted by molar-refractivity contribution is 0.0572. The molecular formula is C11H18BrN3O2. The Bertz CT molecular complexity index is 398. The Morgan fingerprint density at radius 2 is 1.94 bits per heavy atom. The number of hydrogen-bond acceptors (Lipinski definition) is 4. The molecule has 1 saturated heterocycles. The van der Waals surface area contributed by atoms with Crippen molar-refractivity contribution in [3.8, 4) is 0 Å². The summed E-state index contributed by atoms with van der Waals surface area (Å²) in [6.45, 7) is 3.79. The van der Waals surface area contributed by atoms with Gasteiger partial charge in [0.25, 0.3) is 0 Å². The van der Waals surface area contributed by atoms with E-state index in [-0.39, 0.29) is 0 Å². The number of aryl methyl sites for hydroxylation is 2. The van der Waals surface area contributed by atoms with Crippen LogP contribution in [0.1, 0.15) is 18.3 Å². The molecule has 1 aromatic rings. The SMILES string of the molecule is CCc1nn(C)c(CN2CC(O)C(O)C2)c1Br. The second-order valence-corrected chi connectivity index (χ2v) is 5.31. The van der Waals surface area contributed by atoms with Crippen LogP contribution in [0.4, 0.5) is 0 Å². The molecule has 5 nitrogen and oxygen atoms in total. The van der Waals surface area contributed by atoms with E-state index in [4.69, 9.17) is 0 Å². The van der Waals surface area contributed by atoms with Gasteiger partial charge in [-0.15, -0.1) is 0 Å². The van der Waals surface area contributed by atoms with Crippen molar-refractivity contribution in [3.05, 3.63) is 15.9 Å². The second-order valence-electron chi connectivity index (χ2n) is 4.51. The summed E-state index contributed by atoms with van der Waals surface area (Å²) >= 11 is 3.56. The first-order valence-electron chi connectivity index (χ1n) is 5.81. The summed E-state index contributed by atoms with van der Waals surface area (Å²) in [6, 6.07) is 0. The molecule has 0 amide bonds. The van der Waals surface area contributed by atoms with Crippen molar-refractivity contribution >= 4 is 15.9 Å². The molecule has 1 fully saturated rings. The number of rotatable bonds is 3. The van der Waals surface area contributed by atoms with Crippen LogP contribution >= 0.6 is 15.9 Å². The smallest absolute Gasteiger partial charge is 0.0938 e. The minimum Gasteiger partial charge on any atom is -0.389 e. The van der Waals surface area contributed by atoms with Gasteiger partial charge in [-0.3, -0.25) is 9.58 Å². The van der Waals surface area contributed by atoms with Gasteiger partial charge in [0.15, 0.2) is 0 Å². The Morgan fingerprint density at radius 1 is 1.35 bits per heavy atom. The van der Waals surface area contributed by atoms with Crippen molar-refractivity contribution in [3.63, 3.8) is 0 Å². The van der Waals surface area contributed by atoms with E-state index in [1.54, 1.807) is 0 Å². The van der Waals surface area contributed by atoms with Crippen LogP contribution < -0.4 is 0 Å². The molecule has 0 saturated carbocycles. The van der Waals surface area contributed by atoms with Crippen molar-refractivity contribution in [1.29, 1.82) is 0 Å². The molecule has 0 bridgehead atoms. The maximum absolute atomic E-state index is 9.51. The number of nitrogens with zero attached hydrogens (tertiary/aromatic N) is 3. The van der Waals surface area contributed by atoms with Crippen LogP contribution in [-0.4, -0.2) is 50.2 Å². The lowest BCUT2D eigenvalue weighted by Gasteiger charge is -2.15. The number of aliphatic hydroxyl groups excluding tert-OH is 2. The van der Waals surface area contributed by atoms with E-state index in [0.29, 0.717) is 19.6 Å². The van der Waals surface area contributed by atoms with Crippen molar-refractivity contribution in [2.75, 3.05) is 13.1 Å². The lowest BCUT2D eigenvalue weighted by atomic mass is 10.3. The predicted molar refractivity (Wildman–Crippen MR) is 67.6 cm³/mol. The first-order valence-corrected chi connectivity index (χ1v) is 6.61. The van der Waals surface area contributed by atoms with Gasteiger partial charge in [-0.1, -0.05) is 6.92 Å². The van der Waals surface area contributed by atoms with Gasteiger partial charge in [0.2, 0.25) is 0 Å². The maximum Gasteiger partial charge on any atom is 0.0938 e. The predicted octanol–water partition coefficient (Wildman–Crippen LogP) is 0.282. The van der Waals surface area contributed by atoms with Gasteiger partial charge in [0, 0.05) is 26.7 Å². The Balaban J connectivity index is 2.11. The molecule has 0 aromatic carbocycles. The lowest BCUT2D eigenvalue weighted by Crippen LogP contribution is -2.23. The van der Waals surface area contributed by atoms with E-state index in [2.05, 4.69) is 28.0 Å². The standard InChI is InChI=1S/C11H18BrN3O2/c1-3-7-11(12)8(14(2)13-7)4-15-5-9(16)10(17)6-15/h9-10,16-17H,3-6H2,1-2H3. The van der Waals surface area contributed by atoms with E-state index in [1.807, 2.05) is 16.6 Å². The summed E-state index contributed by atoms with van der Waals surface area (Å²) in [5.74, 6) is 0. The topological polar surface area (TPSA) is 61.5 Å². The highest BCUT2D eigenvalue weighted by Gasteiger charge is 2.30. The van der Waals surface area contributed by atoms with E-state index in [0.717, 1.165) is 22.3 Å². The molecule has 1 aliphatic rings. The third-order valence-electron chi connectivity index (χ3n) is 3.21. The molecule has 96 valence electrons. The molecule has 6 heteroatoms. The number of β-amino-alcohol motifs (C(OH)–C–C–N with tert-alkyl or cyclic N) is 2. The van der Waals surface area contributed by atoms with Crippen LogP contribution in [0.3, 0.4) is 0 Å². The Kier molecular flexibility index (Phi) is 3.87. The van der Waals surface area contributed by atoms with E-state index in [9.17, 15) is 10.2 Å². The van der Waals surface area contributed by atoms with Gasteiger partial charge in [0.1, 0.15) is 0 Å². The number of aliphatic hydroxyl groups is 2. The maximum atomic E-state index is 9.51. The normalized spacial score (nSPS) is 25.7. The van der Waals surface area contributed by atoms with E-state index < -0.39 is 12.2 Å². The molecule has 2 atom stereocenters.